The number of aromatic nitrogens is 6. The Morgan fingerprint density at radius 2 is 1.02 bits per heavy atom. The monoisotopic (exact) mass is 640 g/mol. The second-order valence-electron chi connectivity index (χ2n) is 11.8. The maximum atomic E-state index is 13.2. The number of nitrogens with zero attached hydrogens (tertiary/aromatic N) is 6. The molecule has 0 fully saturated rings. The molecule has 0 aliphatic heterocycles. The number of aryl methyl sites for hydroxylation is 3. The molecule has 0 saturated carbocycles. The van der Waals surface area contributed by atoms with E-state index in [2.05, 4.69) is 16.9 Å². The zero-order valence-corrected chi connectivity index (χ0v) is 27.3. The Morgan fingerprint density at radius 1 is 0.490 bits per heavy atom. The van der Waals surface area contributed by atoms with Gasteiger partial charge in [0.1, 0.15) is 11.6 Å². The van der Waals surface area contributed by atoms with E-state index in [9.17, 15) is 9.59 Å². The lowest BCUT2D eigenvalue weighted by Gasteiger charge is -2.14. The zero-order valence-electron chi connectivity index (χ0n) is 27.3. The van der Waals surface area contributed by atoms with Gasteiger partial charge >= 0.3 is 0 Å². The summed E-state index contributed by atoms with van der Waals surface area (Å²) in [5.41, 5.74) is 7.86. The molecule has 0 aliphatic carbocycles. The highest BCUT2D eigenvalue weighted by Gasteiger charge is 2.16. The second kappa shape index (κ2) is 13.3. The smallest absolute Gasteiger partial charge is 0.266 e. The molecule has 8 heteroatoms. The Hall–Kier alpha value is -6.54. The minimum absolute atomic E-state index is 0.0762. The van der Waals surface area contributed by atoms with Gasteiger partial charge in [-0.25, -0.2) is 9.97 Å². The van der Waals surface area contributed by atoms with Crippen LogP contribution in [-0.2, 0) is 0 Å². The van der Waals surface area contributed by atoms with Crippen LogP contribution in [0.4, 0.5) is 0 Å². The molecule has 0 bridgehead atoms. The van der Waals surface area contributed by atoms with E-state index in [1.54, 1.807) is 33.9 Å². The summed E-state index contributed by atoms with van der Waals surface area (Å²) in [5.74, 6) is 1.19. The molecule has 8 nitrogen and oxygen atoms in total. The molecule has 8 rings (SSSR count). The van der Waals surface area contributed by atoms with Crippen molar-refractivity contribution in [2.24, 2.45) is 0 Å². The van der Waals surface area contributed by atoms with Gasteiger partial charge in [-0.05, 0) is 110 Å². The Morgan fingerprint density at radius 3 is 1.51 bits per heavy atom. The SMILES string of the molecule is Cc1ccc(-n2c(-c3cccnc3)nc3ccccc3c2=O)cc1C.Cc1cccc(-n2c(-c3cccnc3)nc3ccccc3c2=O)c1. The van der Waals surface area contributed by atoms with Crippen LogP contribution >= 0.6 is 0 Å². The largest absolute Gasteiger partial charge is 0.268 e. The highest BCUT2D eigenvalue weighted by molar-refractivity contribution is 5.81. The van der Waals surface area contributed by atoms with Crippen molar-refractivity contribution in [3.63, 3.8) is 0 Å². The van der Waals surface area contributed by atoms with Crippen molar-refractivity contribution in [1.82, 2.24) is 29.1 Å². The van der Waals surface area contributed by atoms with E-state index in [1.165, 1.54) is 5.56 Å². The van der Waals surface area contributed by atoms with Crippen LogP contribution in [0.25, 0.3) is 56.0 Å². The fourth-order valence-electron chi connectivity index (χ4n) is 5.75. The quantitative estimate of drug-likeness (QED) is 0.195. The molecule has 0 saturated heterocycles. The standard InChI is InChI=1S/C21H17N3O.C20H15N3O/c1-14-9-10-17(12-15(14)2)24-20(16-6-5-11-22-13-16)23-19-8-4-3-7-18(19)21(24)25;1-14-6-4-8-16(12-14)23-19(15-7-5-11-21-13-15)22-18-10-3-2-9-17(18)20(23)24/h3-13H,1-2H3;2-13H,1H3. The zero-order chi connectivity index (χ0) is 33.9. The van der Waals surface area contributed by atoms with Crippen molar-refractivity contribution in [2.45, 2.75) is 20.8 Å². The van der Waals surface area contributed by atoms with Crippen LogP contribution in [0.15, 0.2) is 150 Å². The molecule has 0 unspecified atom stereocenters. The van der Waals surface area contributed by atoms with E-state index in [0.717, 1.165) is 33.6 Å². The number of pyridine rings is 2. The normalized spacial score (nSPS) is 10.9. The number of rotatable bonds is 4. The average Bonchev–Trinajstić information content (AvgIpc) is 3.14. The van der Waals surface area contributed by atoms with Gasteiger partial charge in [-0.1, -0.05) is 42.5 Å². The number of benzene rings is 4. The van der Waals surface area contributed by atoms with Gasteiger partial charge in [0.2, 0.25) is 0 Å². The Bertz CT molecular complexity index is 2580. The summed E-state index contributed by atoms with van der Waals surface area (Å²) in [5, 5.41) is 1.21. The third-order valence-electron chi connectivity index (χ3n) is 8.40. The van der Waals surface area contributed by atoms with Crippen molar-refractivity contribution in [3.05, 3.63) is 177 Å². The summed E-state index contributed by atoms with van der Waals surface area (Å²) in [7, 11) is 0. The van der Waals surface area contributed by atoms with Gasteiger partial charge in [-0.3, -0.25) is 28.7 Å². The van der Waals surface area contributed by atoms with Crippen LogP contribution < -0.4 is 11.1 Å². The first-order valence-electron chi connectivity index (χ1n) is 15.9. The highest BCUT2D eigenvalue weighted by atomic mass is 16.1. The van der Waals surface area contributed by atoms with Crippen LogP contribution in [0.2, 0.25) is 0 Å². The van der Waals surface area contributed by atoms with E-state index in [-0.39, 0.29) is 11.1 Å². The summed E-state index contributed by atoms with van der Waals surface area (Å²) in [6, 6.07) is 36.2. The van der Waals surface area contributed by atoms with Crippen LogP contribution in [-0.4, -0.2) is 29.1 Å². The average molecular weight is 641 g/mol. The van der Waals surface area contributed by atoms with Gasteiger partial charge in [0.15, 0.2) is 0 Å². The molecule has 0 aliphatic rings. The maximum absolute atomic E-state index is 13.2. The number of para-hydroxylation sites is 2. The van der Waals surface area contributed by atoms with Gasteiger partial charge in [0.25, 0.3) is 11.1 Å². The molecule has 8 aromatic rings. The molecule has 4 aromatic carbocycles. The lowest BCUT2D eigenvalue weighted by Crippen LogP contribution is -2.22. The Kier molecular flexibility index (Phi) is 8.43. The molecule has 4 heterocycles. The van der Waals surface area contributed by atoms with Crippen molar-refractivity contribution in [2.75, 3.05) is 0 Å². The van der Waals surface area contributed by atoms with Crippen molar-refractivity contribution >= 4 is 21.8 Å². The lowest BCUT2D eigenvalue weighted by molar-refractivity contribution is 0.970. The molecular formula is C41H32N6O2. The fourth-order valence-corrected chi connectivity index (χ4v) is 5.75. The van der Waals surface area contributed by atoms with Crippen LogP contribution in [0.1, 0.15) is 16.7 Å². The molecule has 0 spiro atoms. The van der Waals surface area contributed by atoms with Crippen molar-refractivity contribution in [1.29, 1.82) is 0 Å². The number of hydrogen-bond donors (Lipinski definition) is 0. The summed E-state index contributed by atoms with van der Waals surface area (Å²) >= 11 is 0. The fraction of sp³-hybridized carbons (Fsp3) is 0.0732. The summed E-state index contributed by atoms with van der Waals surface area (Å²) < 4.78 is 3.33. The first kappa shape index (κ1) is 31.1. The van der Waals surface area contributed by atoms with E-state index in [1.807, 2.05) is 129 Å². The predicted molar refractivity (Wildman–Crippen MR) is 195 cm³/mol. The van der Waals surface area contributed by atoms with E-state index in [4.69, 9.17) is 9.97 Å². The maximum Gasteiger partial charge on any atom is 0.266 e. The number of hydrogen-bond acceptors (Lipinski definition) is 6. The third kappa shape index (κ3) is 6.15. The molecule has 0 N–H and O–H groups in total. The Labute approximate surface area is 282 Å². The molecule has 0 radical (unpaired) electrons. The van der Waals surface area contributed by atoms with Gasteiger partial charge < -0.3 is 0 Å². The van der Waals surface area contributed by atoms with Crippen LogP contribution in [0.3, 0.4) is 0 Å². The van der Waals surface area contributed by atoms with E-state index in [0.29, 0.717) is 33.5 Å². The first-order chi connectivity index (χ1) is 23.9. The van der Waals surface area contributed by atoms with Gasteiger partial charge in [0.05, 0.1) is 33.2 Å². The van der Waals surface area contributed by atoms with Crippen molar-refractivity contribution in [3.8, 4) is 34.2 Å². The summed E-state index contributed by atoms with van der Waals surface area (Å²) in [6.45, 7) is 6.11. The molecule has 0 amide bonds. The highest BCUT2D eigenvalue weighted by Crippen LogP contribution is 2.24. The molecule has 0 atom stereocenters. The van der Waals surface area contributed by atoms with Gasteiger partial charge in [-0.2, -0.15) is 0 Å². The molecule has 238 valence electrons. The Balaban J connectivity index is 0.000000154. The van der Waals surface area contributed by atoms with Crippen LogP contribution in [0.5, 0.6) is 0 Å². The minimum Gasteiger partial charge on any atom is -0.268 e. The van der Waals surface area contributed by atoms with Gasteiger partial charge in [-0.15, -0.1) is 0 Å². The first-order valence-corrected chi connectivity index (χ1v) is 15.9. The lowest BCUT2D eigenvalue weighted by atomic mass is 10.1. The summed E-state index contributed by atoms with van der Waals surface area (Å²) in [6.07, 6.45) is 6.87. The van der Waals surface area contributed by atoms with E-state index >= 15 is 0 Å². The number of fused-ring (bicyclic) bond motifs is 2. The minimum atomic E-state index is -0.0787. The molecule has 49 heavy (non-hydrogen) atoms. The van der Waals surface area contributed by atoms with E-state index < -0.39 is 0 Å². The summed E-state index contributed by atoms with van der Waals surface area (Å²) in [4.78, 5) is 44.2. The predicted octanol–water partition coefficient (Wildman–Crippen LogP) is 7.82. The van der Waals surface area contributed by atoms with Crippen LogP contribution in [0, 0.1) is 20.8 Å². The molecular weight excluding hydrogens is 608 g/mol. The third-order valence-corrected chi connectivity index (χ3v) is 8.40. The topological polar surface area (TPSA) is 95.6 Å². The second-order valence-corrected chi connectivity index (χ2v) is 11.8. The van der Waals surface area contributed by atoms with Gasteiger partial charge in [0, 0.05) is 35.9 Å². The molecule has 4 aromatic heterocycles. The van der Waals surface area contributed by atoms with Crippen molar-refractivity contribution < 1.29 is 0 Å².